The van der Waals surface area contributed by atoms with Crippen molar-refractivity contribution in [3.8, 4) is 0 Å². The second kappa shape index (κ2) is 5.77. The molecule has 0 spiro atoms. The van der Waals surface area contributed by atoms with Crippen LogP contribution in [0.5, 0.6) is 0 Å². The molecule has 1 amide bonds. The molecule has 0 bridgehead atoms. The molecule has 4 rings (SSSR count). The molecule has 2 aromatic heterocycles. The Bertz CT molecular complexity index is 826. The molecule has 8 heteroatoms. The lowest BCUT2D eigenvalue weighted by Crippen LogP contribution is -2.25. The highest BCUT2D eigenvalue weighted by Gasteiger charge is 2.28. The molecule has 2 saturated heterocycles. The number of hydrogen-bond acceptors (Lipinski definition) is 5. The van der Waals surface area contributed by atoms with Gasteiger partial charge in [-0.3, -0.25) is 14.3 Å². The van der Waals surface area contributed by atoms with E-state index in [0.717, 1.165) is 38.2 Å². The van der Waals surface area contributed by atoms with Crippen LogP contribution in [0, 0.1) is 0 Å². The third kappa shape index (κ3) is 2.57. The summed E-state index contributed by atoms with van der Waals surface area (Å²) in [5.74, 6) is 0.884. The average Bonchev–Trinajstić information content (AvgIpc) is 3.28. The van der Waals surface area contributed by atoms with Gasteiger partial charge in [-0.1, -0.05) is 0 Å². The fourth-order valence-corrected chi connectivity index (χ4v) is 3.38. The number of carbonyl (C=O) groups is 1. The highest BCUT2D eigenvalue weighted by Crippen LogP contribution is 2.27. The molecule has 0 saturated carbocycles. The summed E-state index contributed by atoms with van der Waals surface area (Å²) in [7, 11) is 1.69. The van der Waals surface area contributed by atoms with Crippen LogP contribution in [0.2, 0.25) is 0 Å². The predicted molar refractivity (Wildman–Crippen MR) is 89.2 cm³/mol. The lowest BCUT2D eigenvalue weighted by atomic mass is 10.3. The molecule has 1 atom stereocenters. The summed E-state index contributed by atoms with van der Waals surface area (Å²) in [6.45, 7) is 2.37. The van der Waals surface area contributed by atoms with Crippen LogP contribution >= 0.6 is 0 Å². The molecule has 126 valence electrons. The van der Waals surface area contributed by atoms with Crippen molar-refractivity contribution in [1.29, 1.82) is 0 Å². The number of anilines is 2. The van der Waals surface area contributed by atoms with E-state index < -0.39 is 0 Å². The highest BCUT2D eigenvalue weighted by atomic mass is 16.2. The molecule has 1 unspecified atom stereocenters. The van der Waals surface area contributed by atoms with Crippen LogP contribution in [0.25, 0.3) is 0 Å². The summed E-state index contributed by atoms with van der Waals surface area (Å²) in [4.78, 5) is 31.9. The van der Waals surface area contributed by atoms with Gasteiger partial charge in [0.15, 0.2) is 0 Å². The zero-order valence-electron chi connectivity index (χ0n) is 13.6. The molecular weight excluding hydrogens is 308 g/mol. The number of aryl methyl sites for hydroxylation is 1. The molecule has 0 aromatic carbocycles. The molecule has 0 radical (unpaired) electrons. The Morgan fingerprint density at radius 1 is 1.25 bits per heavy atom. The third-order valence-electron chi connectivity index (χ3n) is 4.80. The Balaban J connectivity index is 1.48. The molecule has 2 aliphatic heterocycles. The number of aromatic nitrogens is 4. The molecule has 0 N–H and O–H groups in total. The van der Waals surface area contributed by atoms with Gasteiger partial charge in [0, 0.05) is 45.4 Å². The van der Waals surface area contributed by atoms with Gasteiger partial charge in [0.2, 0.25) is 5.91 Å². The maximum atomic E-state index is 11.8. The topological polar surface area (TPSA) is 76.3 Å². The maximum absolute atomic E-state index is 11.8. The van der Waals surface area contributed by atoms with Gasteiger partial charge < -0.3 is 14.4 Å². The first-order valence-electron chi connectivity index (χ1n) is 8.24. The Hall–Kier alpha value is -2.64. The zero-order valence-corrected chi connectivity index (χ0v) is 13.6. The van der Waals surface area contributed by atoms with Crippen LogP contribution in [-0.2, 0) is 11.8 Å². The smallest absolute Gasteiger partial charge is 0.255 e. The van der Waals surface area contributed by atoms with Crippen LogP contribution in [-0.4, -0.2) is 44.9 Å². The summed E-state index contributed by atoms with van der Waals surface area (Å²) in [5, 5.41) is 4.45. The summed E-state index contributed by atoms with van der Waals surface area (Å²) in [6.07, 6.45) is 7.74. The largest absolute Gasteiger partial charge is 0.354 e. The monoisotopic (exact) mass is 328 g/mol. The van der Waals surface area contributed by atoms with Crippen molar-refractivity contribution in [1.82, 2.24) is 19.3 Å². The van der Waals surface area contributed by atoms with Crippen LogP contribution in [0.4, 0.5) is 11.5 Å². The molecule has 2 aliphatic rings. The van der Waals surface area contributed by atoms with Crippen molar-refractivity contribution in [2.45, 2.75) is 25.3 Å². The van der Waals surface area contributed by atoms with Crippen molar-refractivity contribution >= 4 is 17.4 Å². The molecule has 8 nitrogen and oxygen atoms in total. The van der Waals surface area contributed by atoms with E-state index in [1.807, 2.05) is 10.9 Å². The standard InChI is InChI=1S/C16H20N6O2/c1-19-11-17-14(7-16(19)24)20-6-4-12(9-20)22-10-13(8-18-22)21-5-2-3-15(21)23/h7-8,10-12H,2-6,9H2,1H3. The van der Waals surface area contributed by atoms with Gasteiger partial charge in [-0.25, -0.2) is 4.98 Å². The number of nitrogens with zero attached hydrogens (tertiary/aromatic N) is 6. The summed E-state index contributed by atoms with van der Waals surface area (Å²) >= 11 is 0. The fraction of sp³-hybridized carbons (Fsp3) is 0.500. The normalized spacial score (nSPS) is 21.0. The van der Waals surface area contributed by atoms with Gasteiger partial charge in [0.05, 0.1) is 24.3 Å². The first kappa shape index (κ1) is 14.9. The number of rotatable bonds is 3. The summed E-state index contributed by atoms with van der Waals surface area (Å²) < 4.78 is 3.39. The summed E-state index contributed by atoms with van der Waals surface area (Å²) in [5.41, 5.74) is 0.819. The molecule has 4 heterocycles. The van der Waals surface area contributed by atoms with Gasteiger partial charge >= 0.3 is 0 Å². The lowest BCUT2D eigenvalue weighted by Gasteiger charge is -2.17. The van der Waals surface area contributed by atoms with Crippen molar-refractivity contribution in [2.75, 3.05) is 29.4 Å². The SMILES string of the molecule is Cn1cnc(N2CCC(n3cc(N4CCCC4=O)cn3)C2)cc1=O. The number of carbonyl (C=O) groups excluding carboxylic acids is 1. The average molecular weight is 328 g/mol. The van der Waals surface area contributed by atoms with Crippen molar-refractivity contribution in [2.24, 2.45) is 7.05 Å². The van der Waals surface area contributed by atoms with Gasteiger partial charge in [-0.2, -0.15) is 5.10 Å². The Morgan fingerprint density at radius 3 is 2.88 bits per heavy atom. The van der Waals surface area contributed by atoms with Crippen LogP contribution in [0.3, 0.4) is 0 Å². The molecular formula is C16H20N6O2. The van der Waals surface area contributed by atoms with Crippen LogP contribution in [0.15, 0.2) is 29.6 Å². The minimum atomic E-state index is -0.0580. The van der Waals surface area contributed by atoms with Crippen molar-refractivity contribution in [3.05, 3.63) is 35.1 Å². The van der Waals surface area contributed by atoms with Crippen molar-refractivity contribution in [3.63, 3.8) is 0 Å². The predicted octanol–water partition coefficient (Wildman–Crippen LogP) is 0.555. The second-order valence-electron chi connectivity index (χ2n) is 6.41. The zero-order chi connectivity index (χ0) is 16.7. The van der Waals surface area contributed by atoms with Gasteiger partial charge in [0.1, 0.15) is 5.82 Å². The Labute approximate surface area is 139 Å². The minimum absolute atomic E-state index is 0.0580. The Kier molecular flexibility index (Phi) is 3.59. The van der Waals surface area contributed by atoms with E-state index >= 15 is 0 Å². The van der Waals surface area contributed by atoms with E-state index in [1.54, 1.807) is 30.5 Å². The fourth-order valence-electron chi connectivity index (χ4n) is 3.38. The van der Waals surface area contributed by atoms with E-state index in [4.69, 9.17) is 0 Å². The quantitative estimate of drug-likeness (QED) is 0.823. The molecule has 24 heavy (non-hydrogen) atoms. The van der Waals surface area contributed by atoms with Crippen LogP contribution in [0.1, 0.15) is 25.3 Å². The summed E-state index contributed by atoms with van der Waals surface area (Å²) in [6, 6.07) is 1.79. The van der Waals surface area contributed by atoms with E-state index in [9.17, 15) is 9.59 Å². The van der Waals surface area contributed by atoms with E-state index in [-0.39, 0.29) is 17.5 Å². The van der Waals surface area contributed by atoms with E-state index in [0.29, 0.717) is 12.2 Å². The van der Waals surface area contributed by atoms with E-state index in [1.165, 1.54) is 4.57 Å². The van der Waals surface area contributed by atoms with Crippen molar-refractivity contribution < 1.29 is 4.79 Å². The minimum Gasteiger partial charge on any atom is -0.354 e. The highest BCUT2D eigenvalue weighted by molar-refractivity contribution is 5.95. The third-order valence-corrected chi connectivity index (χ3v) is 4.80. The lowest BCUT2D eigenvalue weighted by molar-refractivity contribution is -0.117. The molecule has 0 aliphatic carbocycles. The Morgan fingerprint density at radius 2 is 2.12 bits per heavy atom. The van der Waals surface area contributed by atoms with Gasteiger partial charge in [-0.05, 0) is 12.8 Å². The molecule has 2 fully saturated rings. The van der Waals surface area contributed by atoms with Crippen LogP contribution < -0.4 is 15.4 Å². The van der Waals surface area contributed by atoms with E-state index in [2.05, 4.69) is 15.0 Å². The van der Waals surface area contributed by atoms with Gasteiger partial charge in [0.25, 0.3) is 5.56 Å². The first-order valence-corrected chi connectivity index (χ1v) is 8.24. The van der Waals surface area contributed by atoms with Gasteiger partial charge in [-0.15, -0.1) is 0 Å². The number of hydrogen-bond donors (Lipinski definition) is 0. The maximum Gasteiger partial charge on any atom is 0.255 e. The number of amides is 1. The molecule has 2 aromatic rings. The first-order chi connectivity index (χ1) is 11.6. The second-order valence-corrected chi connectivity index (χ2v) is 6.41.